The molecule has 0 aromatic heterocycles. The van der Waals surface area contributed by atoms with Crippen molar-refractivity contribution < 1.29 is 23.5 Å². The van der Waals surface area contributed by atoms with Crippen molar-refractivity contribution >= 4 is 11.9 Å². The lowest BCUT2D eigenvalue weighted by Crippen LogP contribution is -2.35. The Morgan fingerprint density at radius 1 is 1.59 bits per heavy atom. The highest BCUT2D eigenvalue weighted by Gasteiger charge is 2.32. The molecule has 0 fully saturated rings. The number of fused-ring (bicyclic) bond motifs is 1. The predicted molar refractivity (Wildman–Crippen MR) is 55.9 cm³/mol. The van der Waals surface area contributed by atoms with Crippen molar-refractivity contribution in [2.45, 2.75) is 19.4 Å². The number of hydrogen-bond acceptors (Lipinski definition) is 4. The number of rotatable bonds is 2. The number of cyclic esters (lactones) is 1. The van der Waals surface area contributed by atoms with Gasteiger partial charge >= 0.3 is 11.9 Å². The Labute approximate surface area is 97.3 Å². The van der Waals surface area contributed by atoms with E-state index in [4.69, 9.17) is 9.47 Å². The Bertz CT molecular complexity index is 470. The lowest BCUT2D eigenvalue weighted by Gasteiger charge is -2.22. The molecule has 0 saturated heterocycles. The maximum atomic E-state index is 12.9. The van der Waals surface area contributed by atoms with E-state index in [2.05, 4.69) is 0 Å². The quantitative estimate of drug-likeness (QED) is 0.732. The van der Waals surface area contributed by atoms with E-state index in [0.717, 1.165) is 6.07 Å². The molecule has 1 heterocycles. The van der Waals surface area contributed by atoms with Crippen LogP contribution in [0, 0.1) is 5.82 Å². The first kappa shape index (κ1) is 11.6. The lowest BCUT2D eigenvalue weighted by molar-refractivity contribution is -0.153. The zero-order valence-corrected chi connectivity index (χ0v) is 9.23. The number of carbonyl (C=O) groups is 2. The molecule has 5 heteroatoms. The van der Waals surface area contributed by atoms with E-state index in [0.29, 0.717) is 5.56 Å². The van der Waals surface area contributed by atoms with Gasteiger partial charge in [-0.1, -0.05) is 6.07 Å². The van der Waals surface area contributed by atoms with Crippen LogP contribution < -0.4 is 0 Å². The van der Waals surface area contributed by atoms with Gasteiger partial charge in [0, 0.05) is 6.42 Å². The summed E-state index contributed by atoms with van der Waals surface area (Å²) in [4.78, 5) is 23.0. The molecule has 4 nitrogen and oxygen atoms in total. The molecule has 0 spiro atoms. The molecular weight excluding hydrogens is 227 g/mol. The fourth-order valence-corrected chi connectivity index (χ4v) is 1.72. The van der Waals surface area contributed by atoms with Gasteiger partial charge in [0.15, 0.2) is 0 Å². The van der Waals surface area contributed by atoms with Crippen LogP contribution in [0.25, 0.3) is 0 Å². The van der Waals surface area contributed by atoms with Gasteiger partial charge in [0.05, 0.1) is 12.2 Å². The minimum Gasteiger partial charge on any atom is -0.463 e. The Morgan fingerprint density at radius 2 is 2.35 bits per heavy atom. The molecule has 0 saturated carbocycles. The third-order valence-corrected chi connectivity index (χ3v) is 2.50. The van der Waals surface area contributed by atoms with Crippen LogP contribution in [0.4, 0.5) is 4.39 Å². The Kier molecular flexibility index (Phi) is 3.08. The van der Waals surface area contributed by atoms with E-state index in [1.54, 1.807) is 6.92 Å². The molecule has 1 aromatic rings. The summed E-state index contributed by atoms with van der Waals surface area (Å²) in [5.74, 6) is -1.77. The van der Waals surface area contributed by atoms with Crippen LogP contribution in [0.2, 0.25) is 0 Å². The fourth-order valence-electron chi connectivity index (χ4n) is 1.72. The third kappa shape index (κ3) is 2.27. The molecule has 0 bridgehead atoms. The van der Waals surface area contributed by atoms with Crippen molar-refractivity contribution in [3.8, 4) is 0 Å². The molecule has 0 N–H and O–H groups in total. The van der Waals surface area contributed by atoms with Crippen molar-refractivity contribution in [3.05, 3.63) is 35.1 Å². The van der Waals surface area contributed by atoms with Gasteiger partial charge in [0.1, 0.15) is 5.82 Å². The first-order valence-corrected chi connectivity index (χ1v) is 5.28. The van der Waals surface area contributed by atoms with E-state index in [1.807, 2.05) is 0 Å². The molecule has 0 radical (unpaired) electrons. The molecule has 0 amide bonds. The van der Waals surface area contributed by atoms with Crippen LogP contribution in [0.5, 0.6) is 0 Å². The second kappa shape index (κ2) is 4.53. The summed E-state index contributed by atoms with van der Waals surface area (Å²) in [5.41, 5.74) is 0.770. The van der Waals surface area contributed by atoms with Crippen LogP contribution in [-0.2, 0) is 20.7 Å². The van der Waals surface area contributed by atoms with E-state index >= 15 is 0 Å². The number of hydrogen-bond donors (Lipinski definition) is 0. The molecule has 1 unspecified atom stereocenters. The van der Waals surface area contributed by atoms with Crippen molar-refractivity contribution in [2.24, 2.45) is 0 Å². The highest BCUT2D eigenvalue weighted by atomic mass is 19.1. The van der Waals surface area contributed by atoms with Gasteiger partial charge in [-0.25, -0.2) is 14.0 Å². The second-order valence-electron chi connectivity index (χ2n) is 3.65. The molecule has 1 atom stereocenters. The Morgan fingerprint density at radius 3 is 3.06 bits per heavy atom. The SMILES string of the molecule is CCOC(=O)C1Cc2ccc(F)cc2C(=O)O1. The topological polar surface area (TPSA) is 52.6 Å². The van der Waals surface area contributed by atoms with Gasteiger partial charge in [-0.15, -0.1) is 0 Å². The maximum Gasteiger partial charge on any atom is 0.347 e. The van der Waals surface area contributed by atoms with E-state index in [9.17, 15) is 14.0 Å². The van der Waals surface area contributed by atoms with Crippen LogP contribution in [0.1, 0.15) is 22.8 Å². The summed E-state index contributed by atoms with van der Waals surface area (Å²) in [6.07, 6.45) is -0.708. The maximum absolute atomic E-state index is 12.9. The largest absolute Gasteiger partial charge is 0.463 e. The van der Waals surface area contributed by atoms with Crippen molar-refractivity contribution in [1.82, 2.24) is 0 Å². The fraction of sp³-hybridized carbons (Fsp3) is 0.333. The highest BCUT2D eigenvalue weighted by Crippen LogP contribution is 2.22. The molecule has 1 aromatic carbocycles. The molecule has 90 valence electrons. The van der Waals surface area contributed by atoms with E-state index in [-0.39, 0.29) is 18.6 Å². The highest BCUT2D eigenvalue weighted by molar-refractivity contribution is 5.94. The molecule has 1 aliphatic rings. The monoisotopic (exact) mass is 238 g/mol. The average molecular weight is 238 g/mol. The molecule has 0 aliphatic carbocycles. The molecular formula is C12H11FO4. The van der Waals surface area contributed by atoms with Crippen LogP contribution in [0.15, 0.2) is 18.2 Å². The summed E-state index contributed by atoms with van der Waals surface area (Å²) in [7, 11) is 0. The van der Waals surface area contributed by atoms with E-state index in [1.165, 1.54) is 12.1 Å². The normalized spacial score (nSPS) is 18.2. The van der Waals surface area contributed by atoms with Gasteiger partial charge in [-0.3, -0.25) is 0 Å². The smallest absolute Gasteiger partial charge is 0.347 e. The van der Waals surface area contributed by atoms with Crippen molar-refractivity contribution in [3.63, 3.8) is 0 Å². The van der Waals surface area contributed by atoms with Crippen LogP contribution in [-0.4, -0.2) is 24.6 Å². The van der Waals surface area contributed by atoms with Gasteiger partial charge < -0.3 is 9.47 Å². The number of halogens is 1. The molecule has 1 aliphatic heterocycles. The van der Waals surface area contributed by atoms with Crippen LogP contribution >= 0.6 is 0 Å². The van der Waals surface area contributed by atoms with Crippen molar-refractivity contribution in [2.75, 3.05) is 6.61 Å². The lowest BCUT2D eigenvalue weighted by atomic mass is 9.98. The van der Waals surface area contributed by atoms with Crippen LogP contribution in [0.3, 0.4) is 0 Å². The summed E-state index contributed by atoms with van der Waals surface area (Å²) >= 11 is 0. The Hall–Kier alpha value is -1.91. The standard InChI is InChI=1S/C12H11FO4/c1-2-16-12(15)10-5-7-3-4-8(13)6-9(7)11(14)17-10/h3-4,6,10H,2,5H2,1H3. The third-order valence-electron chi connectivity index (χ3n) is 2.50. The molecule has 17 heavy (non-hydrogen) atoms. The summed E-state index contributed by atoms with van der Waals surface area (Å²) in [6.45, 7) is 1.90. The average Bonchev–Trinajstić information content (AvgIpc) is 2.30. The second-order valence-corrected chi connectivity index (χ2v) is 3.65. The summed E-state index contributed by atoms with van der Waals surface area (Å²) in [6, 6.07) is 3.84. The zero-order valence-electron chi connectivity index (χ0n) is 9.23. The molecule has 2 rings (SSSR count). The minimum absolute atomic E-state index is 0.172. The Balaban J connectivity index is 2.25. The van der Waals surface area contributed by atoms with E-state index < -0.39 is 23.9 Å². The number of carbonyl (C=O) groups excluding carboxylic acids is 2. The number of benzene rings is 1. The predicted octanol–water partition coefficient (Wildman–Crippen LogP) is 1.47. The number of esters is 2. The zero-order chi connectivity index (χ0) is 12.4. The summed E-state index contributed by atoms with van der Waals surface area (Å²) < 4.78 is 22.6. The first-order chi connectivity index (χ1) is 8.11. The van der Waals surface area contributed by atoms with Crippen molar-refractivity contribution in [1.29, 1.82) is 0 Å². The van der Waals surface area contributed by atoms with Gasteiger partial charge in [-0.2, -0.15) is 0 Å². The minimum atomic E-state index is -0.930. The van der Waals surface area contributed by atoms with Gasteiger partial charge in [0.25, 0.3) is 0 Å². The summed E-state index contributed by atoms with van der Waals surface area (Å²) in [5, 5.41) is 0. The van der Waals surface area contributed by atoms with Gasteiger partial charge in [-0.05, 0) is 24.6 Å². The van der Waals surface area contributed by atoms with Gasteiger partial charge in [0.2, 0.25) is 6.10 Å². The first-order valence-electron chi connectivity index (χ1n) is 5.28. The number of ether oxygens (including phenoxy) is 2.